The lowest BCUT2D eigenvalue weighted by Gasteiger charge is -2.02. The van der Waals surface area contributed by atoms with Crippen LogP contribution in [0, 0.1) is 0 Å². The fourth-order valence-electron chi connectivity index (χ4n) is 1.88. The van der Waals surface area contributed by atoms with Crippen LogP contribution in [0.2, 0.25) is 0 Å². The number of thiophene rings is 1. The van der Waals surface area contributed by atoms with Crippen molar-refractivity contribution in [2.45, 2.75) is 29.9 Å². The van der Waals surface area contributed by atoms with Crippen molar-refractivity contribution in [2.75, 3.05) is 6.61 Å². The molecule has 3 heterocycles. The highest BCUT2D eigenvalue weighted by molar-refractivity contribution is 8.01. The van der Waals surface area contributed by atoms with Crippen LogP contribution in [-0.2, 0) is 16.0 Å². The van der Waals surface area contributed by atoms with Gasteiger partial charge >= 0.3 is 5.97 Å². The Hall–Kier alpha value is -1.71. The fourth-order valence-corrected chi connectivity index (χ4v) is 4.54. The number of carbonyl (C=O) groups is 1. The molecule has 1 atom stereocenters. The van der Waals surface area contributed by atoms with Crippen molar-refractivity contribution >= 4 is 40.4 Å². The molecule has 0 saturated carbocycles. The first-order chi connectivity index (χ1) is 11.7. The lowest BCUT2D eigenvalue weighted by atomic mass is 10.3. The van der Waals surface area contributed by atoms with Gasteiger partial charge in [0.2, 0.25) is 5.89 Å². The van der Waals surface area contributed by atoms with E-state index in [-0.39, 0.29) is 17.6 Å². The predicted molar refractivity (Wildman–Crippen MR) is 94.3 cm³/mol. The van der Waals surface area contributed by atoms with E-state index in [0.717, 1.165) is 14.9 Å². The van der Waals surface area contributed by atoms with Crippen molar-refractivity contribution in [1.82, 2.24) is 15.2 Å². The number of hydrogen-bond donors (Lipinski definition) is 0. The molecule has 0 unspecified atom stereocenters. The van der Waals surface area contributed by atoms with Crippen molar-refractivity contribution < 1.29 is 13.9 Å². The number of aromatic nitrogens is 3. The van der Waals surface area contributed by atoms with Gasteiger partial charge in [0.1, 0.15) is 0 Å². The van der Waals surface area contributed by atoms with Crippen LogP contribution in [0.1, 0.15) is 30.7 Å². The maximum absolute atomic E-state index is 11.5. The van der Waals surface area contributed by atoms with E-state index in [2.05, 4.69) is 15.2 Å². The van der Waals surface area contributed by atoms with Crippen LogP contribution in [0.4, 0.5) is 0 Å². The van der Waals surface area contributed by atoms with Crippen LogP contribution in [0.3, 0.4) is 0 Å². The second-order valence-electron chi connectivity index (χ2n) is 4.77. The molecule has 0 aliphatic carbocycles. The second kappa shape index (κ2) is 7.91. The SMILES string of the molecule is CCOC(=O)Cc1csc(S[C@@H](C)c2nnc(-c3cccs3)o2)n1. The third kappa shape index (κ3) is 4.22. The smallest absolute Gasteiger partial charge is 0.311 e. The zero-order valence-corrected chi connectivity index (χ0v) is 15.5. The lowest BCUT2D eigenvalue weighted by molar-refractivity contribution is -0.142. The maximum Gasteiger partial charge on any atom is 0.311 e. The van der Waals surface area contributed by atoms with Crippen molar-refractivity contribution in [3.05, 3.63) is 34.5 Å². The highest BCUT2D eigenvalue weighted by atomic mass is 32.2. The zero-order valence-electron chi connectivity index (χ0n) is 13.1. The summed E-state index contributed by atoms with van der Waals surface area (Å²) in [6, 6.07) is 3.89. The Morgan fingerprint density at radius 2 is 2.29 bits per heavy atom. The van der Waals surface area contributed by atoms with Crippen LogP contribution in [0.5, 0.6) is 0 Å². The minimum atomic E-state index is -0.259. The molecule has 6 nitrogen and oxygen atoms in total. The number of esters is 1. The number of thiazole rings is 1. The van der Waals surface area contributed by atoms with Crippen LogP contribution in [0.15, 0.2) is 31.6 Å². The van der Waals surface area contributed by atoms with E-state index in [1.807, 2.05) is 29.8 Å². The first-order valence-corrected chi connectivity index (χ1v) is 9.93. The van der Waals surface area contributed by atoms with Crippen LogP contribution in [-0.4, -0.2) is 27.8 Å². The molecule has 3 rings (SSSR count). The number of hydrogen-bond acceptors (Lipinski definition) is 9. The van der Waals surface area contributed by atoms with Gasteiger partial charge in [-0.25, -0.2) is 4.98 Å². The monoisotopic (exact) mass is 381 g/mol. The van der Waals surface area contributed by atoms with E-state index in [0.29, 0.717) is 18.4 Å². The molecular formula is C15H15N3O3S3. The van der Waals surface area contributed by atoms with Gasteiger partial charge in [0.15, 0.2) is 4.34 Å². The first kappa shape index (κ1) is 17.1. The quantitative estimate of drug-likeness (QED) is 0.448. The molecule has 0 spiro atoms. The third-order valence-electron chi connectivity index (χ3n) is 2.96. The average Bonchev–Trinajstić information content (AvgIpc) is 3.28. The van der Waals surface area contributed by atoms with Crippen molar-refractivity contribution in [3.8, 4) is 10.8 Å². The Kier molecular flexibility index (Phi) is 5.64. The standard InChI is InChI=1S/C15H15N3O3S3/c1-3-20-12(19)7-10-8-23-15(16-10)24-9(2)13-17-18-14(21-13)11-5-4-6-22-11/h4-6,8-9H,3,7H2,1-2H3/t9-/m0/s1. The number of thioether (sulfide) groups is 1. The summed E-state index contributed by atoms with van der Waals surface area (Å²) in [5.74, 6) is 0.838. The summed E-state index contributed by atoms with van der Waals surface area (Å²) < 4.78 is 11.5. The minimum absolute atomic E-state index is 0.0206. The predicted octanol–water partition coefficient (Wildman–Crippen LogP) is 4.21. The molecule has 3 aromatic heterocycles. The van der Waals surface area contributed by atoms with E-state index in [1.165, 1.54) is 23.1 Å². The summed E-state index contributed by atoms with van der Waals surface area (Å²) in [6.07, 6.45) is 0.197. The topological polar surface area (TPSA) is 78.1 Å². The number of nitrogens with zero attached hydrogens (tertiary/aromatic N) is 3. The minimum Gasteiger partial charge on any atom is -0.466 e. The van der Waals surface area contributed by atoms with Crippen LogP contribution >= 0.6 is 34.4 Å². The Bertz CT molecular complexity index is 798. The molecule has 0 aliphatic rings. The maximum atomic E-state index is 11.5. The van der Waals surface area contributed by atoms with Gasteiger partial charge in [-0.05, 0) is 25.3 Å². The molecule has 0 amide bonds. The molecule has 0 bridgehead atoms. The molecule has 0 saturated heterocycles. The van der Waals surface area contributed by atoms with Gasteiger partial charge in [-0.1, -0.05) is 17.8 Å². The van der Waals surface area contributed by atoms with Gasteiger partial charge in [-0.15, -0.1) is 32.9 Å². The summed E-state index contributed by atoms with van der Waals surface area (Å²) in [6.45, 7) is 4.16. The highest BCUT2D eigenvalue weighted by Gasteiger charge is 2.18. The summed E-state index contributed by atoms with van der Waals surface area (Å²) in [7, 11) is 0. The Morgan fingerprint density at radius 1 is 1.42 bits per heavy atom. The fraction of sp³-hybridized carbons (Fsp3) is 0.333. The molecule has 9 heteroatoms. The van der Waals surface area contributed by atoms with Gasteiger partial charge in [0, 0.05) is 5.38 Å². The summed E-state index contributed by atoms with van der Waals surface area (Å²) >= 11 is 4.59. The van der Waals surface area contributed by atoms with Gasteiger partial charge in [-0.2, -0.15) is 0 Å². The Labute approximate surface area is 151 Å². The summed E-state index contributed by atoms with van der Waals surface area (Å²) in [5.41, 5.74) is 0.720. The lowest BCUT2D eigenvalue weighted by Crippen LogP contribution is -2.07. The largest absolute Gasteiger partial charge is 0.466 e. The van der Waals surface area contributed by atoms with Gasteiger partial charge in [-0.3, -0.25) is 4.79 Å². The van der Waals surface area contributed by atoms with E-state index in [1.54, 1.807) is 18.3 Å². The van der Waals surface area contributed by atoms with Crippen LogP contribution in [0.25, 0.3) is 10.8 Å². The number of carbonyl (C=O) groups excluding carboxylic acids is 1. The zero-order chi connectivity index (χ0) is 16.9. The average molecular weight is 382 g/mol. The molecule has 126 valence electrons. The van der Waals surface area contributed by atoms with E-state index >= 15 is 0 Å². The van der Waals surface area contributed by atoms with Crippen molar-refractivity contribution in [3.63, 3.8) is 0 Å². The molecule has 0 N–H and O–H groups in total. The normalized spacial score (nSPS) is 12.2. The van der Waals surface area contributed by atoms with Crippen molar-refractivity contribution in [1.29, 1.82) is 0 Å². The summed E-state index contributed by atoms with van der Waals surface area (Å²) in [4.78, 5) is 16.9. The van der Waals surface area contributed by atoms with E-state index < -0.39 is 0 Å². The number of ether oxygens (including phenoxy) is 1. The number of rotatable bonds is 7. The van der Waals surface area contributed by atoms with Gasteiger partial charge in [0.05, 0.1) is 28.8 Å². The first-order valence-electron chi connectivity index (χ1n) is 7.29. The Balaban J connectivity index is 1.62. The molecule has 0 aromatic carbocycles. The molecule has 0 radical (unpaired) electrons. The molecule has 3 aromatic rings. The van der Waals surface area contributed by atoms with E-state index in [4.69, 9.17) is 9.15 Å². The van der Waals surface area contributed by atoms with Gasteiger partial charge < -0.3 is 9.15 Å². The molecule has 0 fully saturated rings. The van der Waals surface area contributed by atoms with Gasteiger partial charge in [0.25, 0.3) is 5.89 Å². The molecule has 24 heavy (non-hydrogen) atoms. The van der Waals surface area contributed by atoms with E-state index in [9.17, 15) is 4.79 Å². The van der Waals surface area contributed by atoms with Crippen LogP contribution < -0.4 is 0 Å². The molecular weight excluding hydrogens is 366 g/mol. The highest BCUT2D eigenvalue weighted by Crippen LogP contribution is 2.37. The van der Waals surface area contributed by atoms with Crippen molar-refractivity contribution in [2.24, 2.45) is 0 Å². The Morgan fingerprint density at radius 3 is 3.04 bits per heavy atom. The second-order valence-corrected chi connectivity index (χ2v) is 8.16. The molecule has 0 aliphatic heterocycles. The third-order valence-corrected chi connectivity index (χ3v) is 5.93. The summed E-state index contributed by atoms with van der Waals surface area (Å²) in [5, 5.41) is 12.0.